The lowest BCUT2D eigenvalue weighted by atomic mass is 9.57. The summed E-state index contributed by atoms with van der Waals surface area (Å²) in [6.45, 7) is 5.02. The Bertz CT molecular complexity index is 1170. The highest BCUT2D eigenvalue weighted by atomic mass is 19.4. The zero-order chi connectivity index (χ0) is 25.5. The molecule has 0 radical (unpaired) electrons. The molecule has 2 spiro atoms. The number of benzene rings is 1. The van der Waals surface area contributed by atoms with E-state index in [0.717, 1.165) is 48.2 Å². The van der Waals surface area contributed by atoms with Crippen LogP contribution in [0, 0.1) is 5.41 Å². The van der Waals surface area contributed by atoms with Crippen LogP contribution >= 0.6 is 0 Å². The maximum atomic E-state index is 13.2. The molecule has 5 nitrogen and oxygen atoms in total. The molecule has 1 aromatic carbocycles. The Morgan fingerprint density at radius 1 is 1.00 bits per heavy atom. The van der Waals surface area contributed by atoms with Gasteiger partial charge in [0.15, 0.2) is 0 Å². The molecule has 2 fully saturated rings. The Labute approximate surface area is 208 Å². The van der Waals surface area contributed by atoms with Crippen molar-refractivity contribution in [3.63, 3.8) is 0 Å². The number of ether oxygens (including phenoxy) is 2. The summed E-state index contributed by atoms with van der Waals surface area (Å²) in [7, 11) is 0. The minimum Gasteiger partial charge on any atom is -0.388 e. The van der Waals surface area contributed by atoms with E-state index in [1.54, 1.807) is 0 Å². The van der Waals surface area contributed by atoms with Crippen LogP contribution in [0.15, 0.2) is 24.3 Å². The van der Waals surface area contributed by atoms with Crippen LogP contribution < -0.4 is 0 Å². The van der Waals surface area contributed by atoms with E-state index in [0.29, 0.717) is 49.3 Å². The van der Waals surface area contributed by atoms with Crippen molar-refractivity contribution in [1.82, 2.24) is 4.98 Å². The number of hydrogen-bond acceptors (Lipinski definition) is 5. The first-order chi connectivity index (χ1) is 17.1. The van der Waals surface area contributed by atoms with E-state index in [-0.39, 0.29) is 11.3 Å². The second-order valence-electron chi connectivity index (χ2n) is 11.3. The summed E-state index contributed by atoms with van der Waals surface area (Å²) in [5.41, 5.74) is 2.54. The van der Waals surface area contributed by atoms with E-state index < -0.39 is 35.7 Å². The molecule has 2 aromatic rings. The Morgan fingerprint density at radius 3 is 2.22 bits per heavy atom. The first-order valence-electron chi connectivity index (χ1n) is 12.9. The fraction of sp³-hybridized carbons (Fsp3) is 0.607. The molecule has 0 bridgehead atoms. The smallest absolute Gasteiger partial charge is 0.388 e. The number of aliphatic hydroxyl groups is 2. The quantitative estimate of drug-likeness (QED) is 0.527. The highest BCUT2D eigenvalue weighted by Gasteiger charge is 2.56. The van der Waals surface area contributed by atoms with Gasteiger partial charge in [-0.1, -0.05) is 32.4 Å². The number of hydrogen-bond donors (Lipinski definition) is 2. The third-order valence-corrected chi connectivity index (χ3v) is 8.90. The summed E-state index contributed by atoms with van der Waals surface area (Å²) in [4.78, 5) is 5.00. The van der Waals surface area contributed by atoms with Crippen LogP contribution in [0.3, 0.4) is 0 Å². The van der Waals surface area contributed by atoms with Gasteiger partial charge in [0.1, 0.15) is 12.2 Å². The van der Waals surface area contributed by atoms with Gasteiger partial charge in [0.25, 0.3) is 0 Å². The average molecular weight is 504 g/mol. The lowest BCUT2D eigenvalue weighted by Gasteiger charge is -2.51. The standard InChI is InChI=1S/C28H32F3NO4/c1-15(2)22-20-21(19-18(33)14-26(8-3-9-26)25(34)23(19)32-22)27(10-12-35-13-11-27)36-24(20)16-4-6-17(7-5-16)28(29,30)31/h4-7,15,18,24-25,33-34H,3,8-14H2,1-2H3/t18?,24?,25-/m0/s1. The SMILES string of the molecule is CC(C)c1nc2c(c3c1C(c1ccc(C(F)(F)F)cc1)OC31CCOCC1)C(O)CC1(CCC1)[C@H]2O. The van der Waals surface area contributed by atoms with Crippen LogP contribution in [0.2, 0.25) is 0 Å². The second-order valence-corrected chi connectivity index (χ2v) is 11.3. The van der Waals surface area contributed by atoms with Crippen LogP contribution in [0.5, 0.6) is 0 Å². The van der Waals surface area contributed by atoms with E-state index >= 15 is 0 Å². The molecule has 1 aromatic heterocycles. The Balaban J connectivity index is 1.57. The minimum absolute atomic E-state index is 0.0109. The van der Waals surface area contributed by atoms with Gasteiger partial charge in [0.05, 0.1) is 23.0 Å². The number of nitrogens with zero attached hydrogens (tertiary/aromatic N) is 1. The van der Waals surface area contributed by atoms with Crippen LogP contribution in [-0.4, -0.2) is 28.4 Å². The molecule has 3 heterocycles. The normalized spacial score (nSPS) is 28.3. The summed E-state index contributed by atoms with van der Waals surface area (Å²) in [6, 6.07) is 5.14. The van der Waals surface area contributed by atoms with Gasteiger partial charge in [-0.3, -0.25) is 4.98 Å². The number of aromatic nitrogens is 1. The molecule has 36 heavy (non-hydrogen) atoms. The van der Waals surface area contributed by atoms with Gasteiger partial charge >= 0.3 is 6.18 Å². The number of alkyl halides is 3. The highest BCUT2D eigenvalue weighted by Crippen LogP contribution is 2.63. The number of rotatable bonds is 2. The summed E-state index contributed by atoms with van der Waals surface area (Å²) in [6.07, 6.45) is -2.19. The van der Waals surface area contributed by atoms with E-state index in [9.17, 15) is 23.4 Å². The molecule has 8 heteroatoms. The molecule has 1 saturated heterocycles. The zero-order valence-corrected chi connectivity index (χ0v) is 20.6. The number of halogens is 3. The van der Waals surface area contributed by atoms with Crippen molar-refractivity contribution in [2.75, 3.05) is 13.2 Å². The molecule has 2 aliphatic heterocycles. The minimum atomic E-state index is -4.42. The van der Waals surface area contributed by atoms with Crippen molar-refractivity contribution < 1.29 is 32.9 Å². The lowest BCUT2D eigenvalue weighted by molar-refractivity contribution is -0.137. The van der Waals surface area contributed by atoms with E-state index in [4.69, 9.17) is 14.5 Å². The molecule has 2 aliphatic carbocycles. The van der Waals surface area contributed by atoms with E-state index in [1.165, 1.54) is 12.1 Å². The first-order valence-corrected chi connectivity index (χ1v) is 12.9. The molecule has 0 amide bonds. The van der Waals surface area contributed by atoms with Crippen molar-refractivity contribution in [3.05, 3.63) is 63.5 Å². The van der Waals surface area contributed by atoms with Crippen LogP contribution in [0.1, 0.15) is 116 Å². The van der Waals surface area contributed by atoms with Crippen molar-refractivity contribution in [2.24, 2.45) is 5.41 Å². The van der Waals surface area contributed by atoms with Gasteiger partial charge in [0, 0.05) is 48.3 Å². The monoisotopic (exact) mass is 503 g/mol. The van der Waals surface area contributed by atoms with Gasteiger partial charge in [-0.25, -0.2) is 0 Å². The topological polar surface area (TPSA) is 71.8 Å². The van der Waals surface area contributed by atoms with Crippen LogP contribution in [0.25, 0.3) is 0 Å². The maximum absolute atomic E-state index is 13.2. The fourth-order valence-corrected chi connectivity index (χ4v) is 6.88. The van der Waals surface area contributed by atoms with Gasteiger partial charge in [-0.05, 0) is 48.4 Å². The number of fused-ring (bicyclic) bond motifs is 4. The van der Waals surface area contributed by atoms with Crippen molar-refractivity contribution in [3.8, 4) is 0 Å². The molecule has 3 atom stereocenters. The second kappa shape index (κ2) is 8.25. The molecule has 4 aliphatic rings. The largest absolute Gasteiger partial charge is 0.416 e. The van der Waals surface area contributed by atoms with E-state index in [2.05, 4.69) is 0 Å². The Morgan fingerprint density at radius 2 is 1.67 bits per heavy atom. The number of aliphatic hydroxyl groups excluding tert-OH is 2. The third-order valence-electron chi connectivity index (χ3n) is 8.90. The Kier molecular flexibility index (Phi) is 5.58. The molecular formula is C28H32F3NO4. The van der Waals surface area contributed by atoms with Crippen LogP contribution in [0.4, 0.5) is 13.2 Å². The lowest BCUT2D eigenvalue weighted by Crippen LogP contribution is -2.43. The zero-order valence-electron chi connectivity index (χ0n) is 20.6. The summed E-state index contributed by atoms with van der Waals surface area (Å²) >= 11 is 0. The number of pyridine rings is 1. The van der Waals surface area contributed by atoms with Gasteiger partial charge < -0.3 is 19.7 Å². The van der Waals surface area contributed by atoms with Crippen molar-refractivity contribution in [2.45, 2.75) is 88.4 Å². The molecule has 2 unspecified atom stereocenters. The summed E-state index contributed by atoms with van der Waals surface area (Å²) < 4.78 is 52.2. The highest BCUT2D eigenvalue weighted by molar-refractivity contribution is 5.55. The fourth-order valence-electron chi connectivity index (χ4n) is 6.88. The molecule has 1 saturated carbocycles. The third kappa shape index (κ3) is 3.48. The van der Waals surface area contributed by atoms with Gasteiger partial charge in [0.2, 0.25) is 0 Å². The first kappa shape index (κ1) is 24.3. The predicted octanol–water partition coefficient (Wildman–Crippen LogP) is 5.99. The molecule has 6 rings (SSSR count). The molecule has 2 N–H and O–H groups in total. The predicted molar refractivity (Wildman–Crippen MR) is 125 cm³/mol. The summed E-state index contributed by atoms with van der Waals surface area (Å²) in [5.74, 6) is -0.0109. The molecular weight excluding hydrogens is 471 g/mol. The van der Waals surface area contributed by atoms with Crippen molar-refractivity contribution >= 4 is 0 Å². The van der Waals surface area contributed by atoms with E-state index in [1.807, 2.05) is 13.8 Å². The van der Waals surface area contributed by atoms with Crippen molar-refractivity contribution in [1.29, 1.82) is 0 Å². The Hall–Kier alpha value is -2.00. The summed E-state index contributed by atoms with van der Waals surface area (Å²) in [5, 5.41) is 23.0. The average Bonchev–Trinajstić information content (AvgIpc) is 3.13. The molecule has 194 valence electrons. The van der Waals surface area contributed by atoms with Crippen LogP contribution in [-0.2, 0) is 21.3 Å². The maximum Gasteiger partial charge on any atom is 0.416 e. The van der Waals surface area contributed by atoms with Gasteiger partial charge in [-0.2, -0.15) is 13.2 Å². The van der Waals surface area contributed by atoms with Gasteiger partial charge in [-0.15, -0.1) is 0 Å².